The first-order valence-electron chi connectivity index (χ1n) is 10.2. The van der Waals surface area contributed by atoms with E-state index in [1.165, 1.54) is 31.2 Å². The molecule has 140 valence electrons. The van der Waals surface area contributed by atoms with Crippen LogP contribution in [0.2, 0.25) is 0 Å². The summed E-state index contributed by atoms with van der Waals surface area (Å²) < 4.78 is 0. The van der Waals surface area contributed by atoms with Gasteiger partial charge in [-0.05, 0) is 47.3 Å². The fourth-order valence-corrected chi connectivity index (χ4v) is 4.25. The van der Waals surface area contributed by atoms with Gasteiger partial charge in [0.2, 0.25) is 0 Å². The summed E-state index contributed by atoms with van der Waals surface area (Å²) in [5.74, 6) is 1.39. The molecule has 0 unspecified atom stereocenters. The van der Waals surface area contributed by atoms with E-state index in [1.807, 2.05) is 6.07 Å². The van der Waals surface area contributed by atoms with Gasteiger partial charge in [0.1, 0.15) is 11.5 Å². The summed E-state index contributed by atoms with van der Waals surface area (Å²) in [5.41, 5.74) is 2.26. The van der Waals surface area contributed by atoms with Crippen molar-refractivity contribution in [2.45, 2.75) is 96.8 Å². The van der Waals surface area contributed by atoms with Crippen molar-refractivity contribution in [3.8, 4) is 5.75 Å². The number of ketones is 1. The van der Waals surface area contributed by atoms with Crippen LogP contribution in [-0.2, 0) is 10.2 Å². The molecule has 1 saturated carbocycles. The van der Waals surface area contributed by atoms with Crippen molar-refractivity contribution in [3.63, 3.8) is 0 Å². The second-order valence-electron chi connectivity index (χ2n) is 8.62. The fraction of sp³-hybridized carbons (Fsp3) is 0.696. The highest BCUT2D eigenvalue weighted by atomic mass is 16.3. The third-order valence-corrected chi connectivity index (χ3v) is 6.09. The molecule has 0 radical (unpaired) electrons. The molecule has 0 spiro atoms. The van der Waals surface area contributed by atoms with Crippen LogP contribution in [0.5, 0.6) is 5.75 Å². The maximum Gasteiger partial charge on any atom is 0.133 e. The predicted molar refractivity (Wildman–Crippen MR) is 105 cm³/mol. The Kier molecular flexibility index (Phi) is 7.10. The van der Waals surface area contributed by atoms with Crippen LogP contribution in [0.25, 0.3) is 0 Å². The Morgan fingerprint density at radius 1 is 1.12 bits per heavy atom. The topological polar surface area (TPSA) is 37.3 Å². The van der Waals surface area contributed by atoms with Gasteiger partial charge in [-0.15, -0.1) is 0 Å². The van der Waals surface area contributed by atoms with E-state index in [4.69, 9.17) is 0 Å². The number of phenols is 1. The van der Waals surface area contributed by atoms with Crippen LogP contribution in [0, 0.1) is 5.92 Å². The number of carbonyl (C=O) groups is 1. The monoisotopic (exact) mass is 344 g/mol. The van der Waals surface area contributed by atoms with E-state index in [-0.39, 0.29) is 11.3 Å². The molecule has 2 atom stereocenters. The van der Waals surface area contributed by atoms with Crippen molar-refractivity contribution in [1.82, 2.24) is 0 Å². The molecule has 2 heteroatoms. The summed E-state index contributed by atoms with van der Waals surface area (Å²) in [6.07, 6.45) is 9.60. The average Bonchev–Trinajstić information content (AvgIpc) is 2.58. The Hall–Kier alpha value is -1.31. The van der Waals surface area contributed by atoms with Gasteiger partial charge in [0.15, 0.2) is 0 Å². The van der Waals surface area contributed by atoms with Crippen molar-refractivity contribution >= 4 is 5.78 Å². The lowest BCUT2D eigenvalue weighted by Crippen LogP contribution is -2.22. The van der Waals surface area contributed by atoms with Gasteiger partial charge in [-0.25, -0.2) is 0 Å². The van der Waals surface area contributed by atoms with Crippen molar-refractivity contribution in [2.24, 2.45) is 5.92 Å². The molecule has 1 N–H and O–H groups in total. The molecule has 1 aliphatic carbocycles. The Balaban J connectivity index is 2.10. The van der Waals surface area contributed by atoms with Crippen LogP contribution in [0.3, 0.4) is 0 Å². The molecule has 1 aliphatic rings. The zero-order valence-corrected chi connectivity index (χ0v) is 16.6. The number of unbranched alkanes of at least 4 members (excludes halogenated alkanes) is 3. The lowest BCUT2D eigenvalue weighted by atomic mass is 9.74. The van der Waals surface area contributed by atoms with E-state index in [0.29, 0.717) is 23.9 Å². The van der Waals surface area contributed by atoms with Gasteiger partial charge >= 0.3 is 0 Å². The molecule has 2 nitrogen and oxygen atoms in total. The first kappa shape index (κ1) is 20.0. The number of aromatic hydroxyl groups is 1. The fourth-order valence-electron chi connectivity index (χ4n) is 4.25. The molecule has 2 rings (SSSR count). The van der Waals surface area contributed by atoms with Gasteiger partial charge in [-0.3, -0.25) is 4.79 Å². The average molecular weight is 345 g/mol. The molecule has 0 aromatic heterocycles. The van der Waals surface area contributed by atoms with Crippen molar-refractivity contribution in [1.29, 1.82) is 0 Å². The lowest BCUT2D eigenvalue weighted by Gasteiger charge is -2.30. The van der Waals surface area contributed by atoms with Crippen LogP contribution >= 0.6 is 0 Å². The van der Waals surface area contributed by atoms with Crippen molar-refractivity contribution < 1.29 is 9.90 Å². The quantitative estimate of drug-likeness (QED) is 0.546. The SMILES string of the molecule is CCCCCCC(C)(C)c1ccc([C@@H]2CC(=O)C[C@H](CC)C2)c(O)c1. The number of carbonyl (C=O) groups excluding carboxylic acids is 1. The van der Waals surface area contributed by atoms with Gasteiger partial charge < -0.3 is 5.11 Å². The van der Waals surface area contributed by atoms with Crippen molar-refractivity contribution in [3.05, 3.63) is 29.3 Å². The second-order valence-corrected chi connectivity index (χ2v) is 8.62. The Morgan fingerprint density at radius 3 is 2.52 bits per heavy atom. The van der Waals surface area contributed by atoms with E-state index in [0.717, 1.165) is 31.2 Å². The number of hydrogen-bond donors (Lipinski definition) is 1. The molecule has 0 saturated heterocycles. The molecule has 0 aliphatic heterocycles. The molecule has 1 aromatic rings. The van der Waals surface area contributed by atoms with Crippen LogP contribution in [0.4, 0.5) is 0 Å². The predicted octanol–water partition coefficient (Wildman–Crippen LogP) is 6.50. The van der Waals surface area contributed by atoms with Gasteiger partial charge in [0, 0.05) is 12.8 Å². The van der Waals surface area contributed by atoms with E-state index in [9.17, 15) is 9.90 Å². The van der Waals surface area contributed by atoms with E-state index in [1.54, 1.807) is 0 Å². The normalized spacial score (nSPS) is 21.5. The first-order valence-corrected chi connectivity index (χ1v) is 10.2. The second kappa shape index (κ2) is 8.87. The molecule has 0 amide bonds. The minimum atomic E-state index is 0.0814. The van der Waals surface area contributed by atoms with E-state index in [2.05, 4.69) is 39.8 Å². The zero-order chi connectivity index (χ0) is 18.4. The summed E-state index contributed by atoms with van der Waals surface area (Å²) in [6.45, 7) is 8.93. The number of benzene rings is 1. The van der Waals surface area contributed by atoms with Gasteiger partial charge in [-0.1, -0.05) is 71.9 Å². The van der Waals surface area contributed by atoms with E-state index >= 15 is 0 Å². The molecule has 1 fully saturated rings. The molecular weight excluding hydrogens is 308 g/mol. The first-order chi connectivity index (χ1) is 11.9. The Morgan fingerprint density at radius 2 is 1.88 bits per heavy atom. The minimum absolute atomic E-state index is 0.0814. The van der Waals surface area contributed by atoms with Crippen LogP contribution in [0.1, 0.15) is 103 Å². The summed E-state index contributed by atoms with van der Waals surface area (Å²) in [6, 6.07) is 6.21. The standard InChI is InChI=1S/C23H36O2/c1-5-7-8-9-12-23(3,4)19-10-11-21(22(25)16-19)18-13-17(6-2)14-20(24)15-18/h10-11,16-18,25H,5-9,12-15H2,1-4H3/t17-,18+/m1/s1. The maximum absolute atomic E-state index is 12.0. The largest absolute Gasteiger partial charge is 0.508 e. The summed E-state index contributed by atoms with van der Waals surface area (Å²) >= 11 is 0. The highest BCUT2D eigenvalue weighted by Gasteiger charge is 2.29. The number of Topliss-reactive ketones (excluding diaryl/α,β-unsaturated/α-hetero) is 1. The minimum Gasteiger partial charge on any atom is -0.508 e. The van der Waals surface area contributed by atoms with Gasteiger partial charge in [0.25, 0.3) is 0 Å². The summed E-state index contributed by atoms with van der Waals surface area (Å²) in [4.78, 5) is 12.0. The third-order valence-electron chi connectivity index (χ3n) is 6.09. The van der Waals surface area contributed by atoms with E-state index < -0.39 is 0 Å². The highest BCUT2D eigenvalue weighted by Crippen LogP contribution is 2.41. The summed E-state index contributed by atoms with van der Waals surface area (Å²) in [5, 5.41) is 10.7. The van der Waals surface area contributed by atoms with Crippen LogP contribution < -0.4 is 0 Å². The van der Waals surface area contributed by atoms with Crippen molar-refractivity contribution in [2.75, 3.05) is 0 Å². The molecule has 1 aromatic carbocycles. The maximum atomic E-state index is 12.0. The van der Waals surface area contributed by atoms with Gasteiger partial charge in [-0.2, -0.15) is 0 Å². The molecule has 0 heterocycles. The van der Waals surface area contributed by atoms with Crippen LogP contribution in [-0.4, -0.2) is 10.9 Å². The summed E-state index contributed by atoms with van der Waals surface area (Å²) in [7, 11) is 0. The number of phenolic OH excluding ortho intramolecular Hbond substituents is 1. The molecule has 25 heavy (non-hydrogen) atoms. The number of hydrogen-bond acceptors (Lipinski definition) is 2. The zero-order valence-electron chi connectivity index (χ0n) is 16.6. The lowest BCUT2D eigenvalue weighted by molar-refractivity contribution is -0.122. The Bertz CT molecular complexity index is 573. The Labute approximate surface area is 154 Å². The number of rotatable bonds is 8. The smallest absolute Gasteiger partial charge is 0.133 e. The van der Waals surface area contributed by atoms with Gasteiger partial charge in [0.05, 0.1) is 0 Å². The third kappa shape index (κ3) is 5.33. The van der Waals surface area contributed by atoms with Crippen LogP contribution in [0.15, 0.2) is 18.2 Å². The highest BCUT2D eigenvalue weighted by molar-refractivity contribution is 5.80. The molecule has 0 bridgehead atoms. The molecular formula is C23H36O2.